The van der Waals surface area contributed by atoms with Crippen molar-refractivity contribution in [2.75, 3.05) is 17.2 Å². The van der Waals surface area contributed by atoms with Crippen LogP contribution in [-0.2, 0) is 10.1 Å². The van der Waals surface area contributed by atoms with Gasteiger partial charge in [-0.25, -0.2) is 8.42 Å². The standard InChI is InChI=1S/C33H29NO5S/c1-23-28-20-26(24-10-4-2-5-11-24)14-16-30(28)38-32(23)22-33-34(18-8-9-19-40(35,36)37)29-21-27(15-17-31(29)39-33)25-12-6-3-7-13-25/h2-7,10-17,20-22H,8-9,18-19H2,1H3,(H,35,36,37)/p-1/b33-22-. The van der Waals surface area contributed by atoms with E-state index in [9.17, 15) is 13.0 Å². The number of hydrogen-bond donors (Lipinski definition) is 0. The van der Waals surface area contributed by atoms with E-state index >= 15 is 0 Å². The fourth-order valence-electron chi connectivity index (χ4n) is 5.10. The molecule has 1 aliphatic heterocycles. The fraction of sp³-hybridized carbons (Fsp3) is 0.152. The van der Waals surface area contributed by atoms with Crippen molar-refractivity contribution in [1.29, 1.82) is 0 Å². The van der Waals surface area contributed by atoms with Gasteiger partial charge in [0, 0.05) is 29.3 Å². The number of rotatable bonds is 8. The number of anilines is 1. The van der Waals surface area contributed by atoms with Crippen molar-refractivity contribution in [3.63, 3.8) is 0 Å². The molecule has 6 nitrogen and oxygen atoms in total. The molecule has 7 heteroatoms. The molecule has 40 heavy (non-hydrogen) atoms. The Morgan fingerprint density at radius 2 is 1.45 bits per heavy atom. The smallest absolute Gasteiger partial charge is 0.204 e. The van der Waals surface area contributed by atoms with Crippen LogP contribution >= 0.6 is 0 Å². The summed E-state index contributed by atoms with van der Waals surface area (Å²) >= 11 is 0. The predicted octanol–water partition coefficient (Wildman–Crippen LogP) is 7.60. The molecule has 0 unspecified atom stereocenters. The van der Waals surface area contributed by atoms with Crippen molar-refractivity contribution in [3.05, 3.63) is 114 Å². The molecule has 0 atom stereocenters. The Bertz CT molecular complexity index is 1810. The van der Waals surface area contributed by atoms with Gasteiger partial charge in [-0.05, 0) is 66.3 Å². The fourth-order valence-corrected chi connectivity index (χ4v) is 5.66. The highest BCUT2D eigenvalue weighted by Crippen LogP contribution is 2.43. The van der Waals surface area contributed by atoms with Gasteiger partial charge in [0.1, 0.15) is 11.3 Å². The molecule has 202 valence electrons. The van der Waals surface area contributed by atoms with E-state index in [-0.39, 0.29) is 12.2 Å². The van der Waals surface area contributed by atoms with Crippen LogP contribution < -0.4 is 9.64 Å². The third-order valence-corrected chi connectivity index (χ3v) is 7.99. The van der Waals surface area contributed by atoms with E-state index in [2.05, 4.69) is 42.5 Å². The van der Waals surface area contributed by atoms with Crippen molar-refractivity contribution >= 4 is 32.9 Å². The zero-order valence-corrected chi connectivity index (χ0v) is 22.9. The quantitative estimate of drug-likeness (QED) is 0.146. The molecule has 1 aromatic heterocycles. The van der Waals surface area contributed by atoms with Crippen molar-refractivity contribution in [3.8, 4) is 28.0 Å². The van der Waals surface area contributed by atoms with Gasteiger partial charge in [-0.1, -0.05) is 72.8 Å². The lowest BCUT2D eigenvalue weighted by Gasteiger charge is -2.19. The number of unbranched alkanes of at least 4 members (excludes halogenated alkanes) is 1. The maximum Gasteiger partial charge on any atom is 0.204 e. The molecular formula is C33H28NO5S-. The lowest BCUT2D eigenvalue weighted by Crippen LogP contribution is -2.22. The molecular weight excluding hydrogens is 522 g/mol. The van der Waals surface area contributed by atoms with E-state index in [1.807, 2.05) is 72.5 Å². The van der Waals surface area contributed by atoms with Crippen LogP contribution in [-0.4, -0.2) is 25.3 Å². The predicted molar refractivity (Wildman–Crippen MR) is 158 cm³/mol. The van der Waals surface area contributed by atoms with Crippen LogP contribution in [0.4, 0.5) is 5.69 Å². The molecule has 0 spiro atoms. The lowest BCUT2D eigenvalue weighted by atomic mass is 10.0. The number of aryl methyl sites for hydroxylation is 1. The third kappa shape index (κ3) is 5.39. The molecule has 4 aromatic carbocycles. The molecule has 5 aromatic rings. The summed E-state index contributed by atoms with van der Waals surface area (Å²) in [6, 6.07) is 32.6. The molecule has 0 saturated carbocycles. The molecule has 2 heterocycles. The van der Waals surface area contributed by atoms with Crippen LogP contribution in [0, 0.1) is 6.92 Å². The molecule has 0 fully saturated rings. The second-order valence-electron chi connectivity index (χ2n) is 9.92. The lowest BCUT2D eigenvalue weighted by molar-refractivity contribution is 0.439. The van der Waals surface area contributed by atoms with E-state index in [1.165, 1.54) is 0 Å². The normalized spacial score (nSPS) is 14.1. The number of fused-ring (bicyclic) bond motifs is 2. The first kappa shape index (κ1) is 25.9. The number of benzene rings is 4. The summed E-state index contributed by atoms with van der Waals surface area (Å²) in [5, 5.41) is 1.03. The van der Waals surface area contributed by atoms with Gasteiger partial charge in [0.2, 0.25) is 5.88 Å². The molecule has 0 saturated heterocycles. The molecule has 0 amide bonds. The number of ether oxygens (including phenoxy) is 1. The summed E-state index contributed by atoms with van der Waals surface area (Å²) in [7, 11) is -4.26. The van der Waals surface area contributed by atoms with Crippen LogP contribution in [0.1, 0.15) is 24.2 Å². The maximum absolute atomic E-state index is 11.2. The zero-order chi connectivity index (χ0) is 27.7. The minimum absolute atomic E-state index is 0.273. The van der Waals surface area contributed by atoms with Gasteiger partial charge < -0.3 is 18.6 Å². The van der Waals surface area contributed by atoms with Crippen molar-refractivity contribution in [2.45, 2.75) is 19.8 Å². The Morgan fingerprint density at radius 3 is 2.12 bits per heavy atom. The molecule has 0 radical (unpaired) electrons. The summed E-state index contributed by atoms with van der Waals surface area (Å²) < 4.78 is 46.0. The van der Waals surface area contributed by atoms with Crippen molar-refractivity contribution in [2.24, 2.45) is 0 Å². The summed E-state index contributed by atoms with van der Waals surface area (Å²) in [5.74, 6) is 1.61. The summed E-state index contributed by atoms with van der Waals surface area (Å²) in [4.78, 5) is 2.03. The highest BCUT2D eigenvalue weighted by Gasteiger charge is 2.27. The van der Waals surface area contributed by atoms with Gasteiger partial charge in [0.05, 0.1) is 15.8 Å². The first-order valence-electron chi connectivity index (χ1n) is 13.2. The van der Waals surface area contributed by atoms with E-state index in [4.69, 9.17) is 9.15 Å². The largest absolute Gasteiger partial charge is 0.748 e. The van der Waals surface area contributed by atoms with Crippen molar-refractivity contribution in [1.82, 2.24) is 0 Å². The van der Waals surface area contributed by atoms with E-state index in [0.29, 0.717) is 30.4 Å². The molecule has 6 rings (SSSR count). The molecule has 1 aliphatic rings. The molecule has 0 N–H and O–H groups in total. The van der Waals surface area contributed by atoms with E-state index < -0.39 is 10.1 Å². The second-order valence-corrected chi connectivity index (χ2v) is 11.4. The Balaban J connectivity index is 1.35. The van der Waals surface area contributed by atoms with Crippen LogP contribution in [0.2, 0.25) is 0 Å². The minimum Gasteiger partial charge on any atom is -0.748 e. The third-order valence-electron chi connectivity index (χ3n) is 7.20. The van der Waals surface area contributed by atoms with E-state index in [1.54, 1.807) is 0 Å². The summed E-state index contributed by atoms with van der Waals surface area (Å²) in [6.45, 7) is 2.52. The van der Waals surface area contributed by atoms with Crippen LogP contribution in [0.5, 0.6) is 5.75 Å². The van der Waals surface area contributed by atoms with Crippen LogP contribution in [0.3, 0.4) is 0 Å². The van der Waals surface area contributed by atoms with Crippen LogP contribution in [0.25, 0.3) is 39.3 Å². The Labute approximate surface area is 233 Å². The monoisotopic (exact) mass is 550 g/mol. The van der Waals surface area contributed by atoms with E-state index in [0.717, 1.165) is 44.5 Å². The molecule has 0 bridgehead atoms. The Kier molecular flexibility index (Phi) is 6.92. The first-order chi connectivity index (χ1) is 19.4. The summed E-state index contributed by atoms with van der Waals surface area (Å²) in [6.07, 6.45) is 2.68. The second kappa shape index (κ2) is 10.7. The zero-order valence-electron chi connectivity index (χ0n) is 22.0. The highest BCUT2D eigenvalue weighted by molar-refractivity contribution is 7.85. The van der Waals surface area contributed by atoms with Gasteiger partial charge in [0.25, 0.3) is 0 Å². The average molecular weight is 551 g/mol. The van der Waals surface area contributed by atoms with Gasteiger partial charge in [-0.2, -0.15) is 0 Å². The first-order valence-corrected chi connectivity index (χ1v) is 14.8. The summed E-state index contributed by atoms with van der Waals surface area (Å²) in [5.41, 5.74) is 7.06. The number of hydrogen-bond acceptors (Lipinski definition) is 6. The van der Waals surface area contributed by atoms with Crippen molar-refractivity contribution < 1.29 is 22.1 Å². The number of furan rings is 1. The average Bonchev–Trinajstić information content (AvgIpc) is 3.47. The van der Waals surface area contributed by atoms with Gasteiger partial charge in [0.15, 0.2) is 5.75 Å². The van der Waals surface area contributed by atoms with Crippen LogP contribution in [0.15, 0.2) is 107 Å². The molecule has 0 aliphatic carbocycles. The van der Waals surface area contributed by atoms with Gasteiger partial charge >= 0.3 is 0 Å². The Morgan fingerprint density at radius 1 is 0.800 bits per heavy atom. The number of nitrogens with zero attached hydrogens (tertiary/aromatic N) is 1. The van der Waals surface area contributed by atoms with Gasteiger partial charge in [-0.15, -0.1) is 0 Å². The SMILES string of the molecule is Cc1c(/C=C2\Oc3ccc(-c4ccccc4)cc3N2CCCCS(=O)(=O)[O-])oc2ccc(-c3ccccc3)cc12. The maximum atomic E-state index is 11.2. The minimum atomic E-state index is -4.26. The topological polar surface area (TPSA) is 82.8 Å². The Hall–Kier alpha value is -4.33. The highest BCUT2D eigenvalue weighted by atomic mass is 32.2. The van der Waals surface area contributed by atoms with Gasteiger partial charge in [-0.3, -0.25) is 0 Å².